The standard InChI is InChI=1S/C81H158O17P2/c1-8-10-11-12-13-14-15-16-21-25-30-35-40-48-55-62-78(83)91-68-76(97-80(85)64-57-50-41-36-31-26-23-20-18-17-19-22-24-28-33-38-45-52-59-72(3)4)70-95-99(87,88)93-66-75(82)67-94-100(89,90)96-71-77(69-92-79(84)63-56-49-44-43-47-54-61-74(7)9-2)98-81(86)65-58-51-42-37-32-27-29-34-39-46-53-60-73(5)6/h72-77,82H,8-71H2,1-7H3,(H,87,88)(H,89,90)/t74?,75-,76-,77-/m1/s1. The Bertz CT molecular complexity index is 1940. The number of aliphatic hydroxyl groups excluding tert-OH is 1. The van der Waals surface area contributed by atoms with Crippen LogP contribution in [-0.2, 0) is 65.4 Å². The summed E-state index contributed by atoms with van der Waals surface area (Å²) in [5.41, 5.74) is 0. The van der Waals surface area contributed by atoms with E-state index in [2.05, 4.69) is 48.5 Å². The zero-order chi connectivity index (χ0) is 73.7. The lowest BCUT2D eigenvalue weighted by atomic mass is 10.00. The van der Waals surface area contributed by atoms with Crippen LogP contribution in [0.1, 0.15) is 421 Å². The number of unbranched alkanes of at least 4 members (excludes halogenated alkanes) is 46. The molecule has 19 heteroatoms. The van der Waals surface area contributed by atoms with Gasteiger partial charge in [-0.3, -0.25) is 37.3 Å². The van der Waals surface area contributed by atoms with Gasteiger partial charge in [0.2, 0.25) is 0 Å². The van der Waals surface area contributed by atoms with Crippen molar-refractivity contribution < 1.29 is 80.2 Å². The molecule has 0 saturated heterocycles. The summed E-state index contributed by atoms with van der Waals surface area (Å²) in [6, 6.07) is 0. The number of hydrogen-bond donors (Lipinski definition) is 3. The highest BCUT2D eigenvalue weighted by Gasteiger charge is 2.30. The number of hydrogen-bond acceptors (Lipinski definition) is 15. The first-order valence-electron chi connectivity index (χ1n) is 41.9. The summed E-state index contributed by atoms with van der Waals surface area (Å²) in [5.74, 6) is 0.205. The van der Waals surface area contributed by atoms with E-state index in [4.69, 9.17) is 37.0 Å². The third kappa shape index (κ3) is 73.0. The zero-order valence-electron chi connectivity index (χ0n) is 65.7. The van der Waals surface area contributed by atoms with E-state index < -0.39 is 97.5 Å². The van der Waals surface area contributed by atoms with E-state index in [0.29, 0.717) is 25.7 Å². The number of ether oxygens (including phenoxy) is 4. The first-order chi connectivity index (χ1) is 48.3. The van der Waals surface area contributed by atoms with Crippen LogP contribution in [0.5, 0.6) is 0 Å². The molecule has 0 rings (SSSR count). The molecule has 0 bridgehead atoms. The second-order valence-corrected chi connectivity index (χ2v) is 33.3. The van der Waals surface area contributed by atoms with Crippen LogP contribution in [0.4, 0.5) is 0 Å². The van der Waals surface area contributed by atoms with Crippen molar-refractivity contribution in [1.82, 2.24) is 0 Å². The van der Waals surface area contributed by atoms with Gasteiger partial charge in [-0.1, -0.05) is 370 Å². The van der Waals surface area contributed by atoms with E-state index in [1.54, 1.807) is 0 Å². The Morgan fingerprint density at radius 1 is 0.290 bits per heavy atom. The number of rotatable bonds is 79. The first kappa shape index (κ1) is 98.1. The van der Waals surface area contributed by atoms with Gasteiger partial charge in [0.1, 0.15) is 19.3 Å². The van der Waals surface area contributed by atoms with E-state index in [1.807, 2.05) is 0 Å². The van der Waals surface area contributed by atoms with Crippen molar-refractivity contribution in [3.8, 4) is 0 Å². The summed E-state index contributed by atoms with van der Waals surface area (Å²) >= 11 is 0. The molecule has 100 heavy (non-hydrogen) atoms. The summed E-state index contributed by atoms with van der Waals surface area (Å²) in [6.45, 7) is 11.9. The number of phosphoric acid groups is 2. The van der Waals surface area contributed by atoms with Crippen molar-refractivity contribution in [2.75, 3.05) is 39.6 Å². The van der Waals surface area contributed by atoms with Crippen LogP contribution < -0.4 is 0 Å². The van der Waals surface area contributed by atoms with Crippen LogP contribution in [0.25, 0.3) is 0 Å². The predicted molar refractivity (Wildman–Crippen MR) is 409 cm³/mol. The van der Waals surface area contributed by atoms with Crippen LogP contribution in [-0.4, -0.2) is 96.7 Å². The van der Waals surface area contributed by atoms with Gasteiger partial charge in [-0.05, 0) is 43.4 Å². The van der Waals surface area contributed by atoms with Gasteiger partial charge in [0.15, 0.2) is 12.2 Å². The number of esters is 4. The maximum Gasteiger partial charge on any atom is 0.472 e. The lowest BCUT2D eigenvalue weighted by Crippen LogP contribution is -2.30. The molecule has 0 saturated carbocycles. The molecular formula is C81H158O17P2. The molecular weight excluding hydrogens is 1310 g/mol. The van der Waals surface area contributed by atoms with Gasteiger partial charge < -0.3 is 33.8 Å². The van der Waals surface area contributed by atoms with Gasteiger partial charge in [0.25, 0.3) is 0 Å². The number of aliphatic hydroxyl groups is 1. The van der Waals surface area contributed by atoms with Gasteiger partial charge in [-0.2, -0.15) is 0 Å². The maximum atomic E-state index is 13.1. The van der Waals surface area contributed by atoms with Gasteiger partial charge in [0.05, 0.1) is 26.4 Å². The molecule has 6 atom stereocenters. The minimum Gasteiger partial charge on any atom is -0.462 e. The second kappa shape index (κ2) is 71.3. The van der Waals surface area contributed by atoms with E-state index >= 15 is 0 Å². The topological polar surface area (TPSA) is 237 Å². The molecule has 0 heterocycles. The Kier molecular flexibility index (Phi) is 69.9. The predicted octanol–water partition coefficient (Wildman–Crippen LogP) is 24.1. The van der Waals surface area contributed by atoms with E-state index in [0.717, 1.165) is 114 Å². The quantitative estimate of drug-likeness (QED) is 0.0222. The molecule has 0 aromatic carbocycles. The minimum atomic E-state index is -4.96. The van der Waals surface area contributed by atoms with Crippen LogP contribution in [0.3, 0.4) is 0 Å². The highest BCUT2D eigenvalue weighted by molar-refractivity contribution is 7.47. The third-order valence-electron chi connectivity index (χ3n) is 19.2. The van der Waals surface area contributed by atoms with Crippen molar-refractivity contribution in [3.05, 3.63) is 0 Å². The Balaban J connectivity index is 5.23. The molecule has 3 unspecified atom stereocenters. The average Bonchev–Trinajstić information content (AvgIpc) is 0.943. The molecule has 0 aliphatic rings. The fourth-order valence-corrected chi connectivity index (χ4v) is 14.0. The summed E-state index contributed by atoms with van der Waals surface area (Å²) in [4.78, 5) is 73.0. The third-order valence-corrected chi connectivity index (χ3v) is 21.1. The number of carbonyl (C=O) groups is 4. The number of carbonyl (C=O) groups excluding carboxylic acids is 4. The molecule has 0 aromatic heterocycles. The first-order valence-corrected chi connectivity index (χ1v) is 44.9. The molecule has 0 fully saturated rings. The van der Waals surface area contributed by atoms with Crippen molar-refractivity contribution in [1.29, 1.82) is 0 Å². The van der Waals surface area contributed by atoms with Gasteiger partial charge in [-0.15, -0.1) is 0 Å². The average molecular weight is 1470 g/mol. The molecule has 0 aromatic rings. The van der Waals surface area contributed by atoms with Crippen LogP contribution >= 0.6 is 15.6 Å². The molecule has 0 radical (unpaired) electrons. The van der Waals surface area contributed by atoms with Crippen LogP contribution in [0.2, 0.25) is 0 Å². The Labute approximate surface area is 613 Å². The minimum absolute atomic E-state index is 0.106. The second-order valence-electron chi connectivity index (χ2n) is 30.4. The Morgan fingerprint density at radius 3 is 0.760 bits per heavy atom. The van der Waals surface area contributed by atoms with E-state index in [1.165, 1.54) is 225 Å². The van der Waals surface area contributed by atoms with Crippen molar-refractivity contribution in [2.24, 2.45) is 17.8 Å². The highest BCUT2D eigenvalue weighted by atomic mass is 31.2. The Morgan fingerprint density at radius 2 is 0.510 bits per heavy atom. The van der Waals surface area contributed by atoms with Crippen LogP contribution in [0.15, 0.2) is 0 Å². The SMILES string of the molecule is CCCCCCCCCCCCCCCCCC(=O)OC[C@H](COP(=O)(O)OC[C@@H](O)COP(=O)(O)OC[C@@H](COC(=O)CCCCCCCCC(C)CC)OC(=O)CCCCCCCCCCCCCC(C)C)OC(=O)CCCCCCCCCCCCCCCCCCCCC(C)C. The molecule has 0 aliphatic carbocycles. The summed E-state index contributed by atoms with van der Waals surface area (Å²) in [6.07, 6.45) is 59.7. The van der Waals surface area contributed by atoms with Crippen molar-refractivity contribution >= 4 is 39.5 Å². The lowest BCUT2D eigenvalue weighted by molar-refractivity contribution is -0.161. The molecule has 17 nitrogen and oxygen atoms in total. The molecule has 0 aliphatic heterocycles. The maximum absolute atomic E-state index is 13.1. The lowest BCUT2D eigenvalue weighted by Gasteiger charge is -2.21. The molecule has 3 N–H and O–H groups in total. The zero-order valence-corrected chi connectivity index (χ0v) is 67.5. The Hall–Kier alpha value is -1.94. The fraction of sp³-hybridized carbons (Fsp3) is 0.951. The monoisotopic (exact) mass is 1470 g/mol. The molecule has 0 spiro atoms. The highest BCUT2D eigenvalue weighted by Crippen LogP contribution is 2.45. The summed E-state index contributed by atoms with van der Waals surface area (Å²) < 4.78 is 68.7. The normalized spacial score (nSPS) is 14.2. The van der Waals surface area contributed by atoms with E-state index in [9.17, 15) is 43.2 Å². The molecule has 594 valence electrons. The largest absolute Gasteiger partial charge is 0.472 e. The number of phosphoric ester groups is 2. The van der Waals surface area contributed by atoms with E-state index in [-0.39, 0.29) is 25.7 Å². The fourth-order valence-electron chi connectivity index (χ4n) is 12.5. The van der Waals surface area contributed by atoms with Gasteiger partial charge >= 0.3 is 39.5 Å². The smallest absolute Gasteiger partial charge is 0.462 e. The van der Waals surface area contributed by atoms with Crippen molar-refractivity contribution in [3.63, 3.8) is 0 Å². The van der Waals surface area contributed by atoms with Crippen molar-refractivity contribution in [2.45, 2.75) is 439 Å². The van der Waals surface area contributed by atoms with Crippen LogP contribution in [0, 0.1) is 17.8 Å². The summed E-state index contributed by atoms with van der Waals surface area (Å²) in [7, 11) is -9.92. The summed E-state index contributed by atoms with van der Waals surface area (Å²) in [5, 5.41) is 10.6. The van der Waals surface area contributed by atoms with Gasteiger partial charge in [0, 0.05) is 25.7 Å². The molecule has 0 amide bonds. The van der Waals surface area contributed by atoms with Gasteiger partial charge in [-0.25, -0.2) is 9.13 Å².